The normalized spacial score (nSPS) is 25.4. The van der Waals surface area contributed by atoms with Gasteiger partial charge in [-0.15, -0.1) is 10.2 Å². The van der Waals surface area contributed by atoms with Crippen LogP contribution in [0, 0.1) is 11.8 Å². The van der Waals surface area contributed by atoms with Gasteiger partial charge in [0.05, 0.1) is 0 Å². The van der Waals surface area contributed by atoms with Crippen molar-refractivity contribution in [3.05, 3.63) is 41.7 Å². The second-order valence-corrected chi connectivity index (χ2v) is 7.93. The molecule has 1 N–H and O–H groups in total. The zero-order valence-corrected chi connectivity index (χ0v) is 14.8. The molecule has 7 nitrogen and oxygen atoms in total. The Bertz CT molecular complexity index is 800. The van der Waals surface area contributed by atoms with E-state index in [1.807, 2.05) is 18.5 Å². The van der Waals surface area contributed by atoms with Crippen molar-refractivity contribution in [1.82, 2.24) is 30.0 Å². The molecule has 7 heteroatoms. The van der Waals surface area contributed by atoms with E-state index in [0.717, 1.165) is 51.3 Å². The van der Waals surface area contributed by atoms with Crippen LogP contribution in [-0.2, 0) is 19.5 Å². The summed E-state index contributed by atoms with van der Waals surface area (Å²) in [7, 11) is 0. The third-order valence-corrected chi connectivity index (χ3v) is 6.11. The molecule has 3 aliphatic rings. The van der Waals surface area contributed by atoms with E-state index in [1.54, 1.807) is 0 Å². The molecule has 0 aromatic carbocycles. The maximum atomic E-state index is 12.5. The van der Waals surface area contributed by atoms with E-state index >= 15 is 0 Å². The van der Waals surface area contributed by atoms with Crippen LogP contribution in [0.3, 0.4) is 0 Å². The van der Waals surface area contributed by atoms with Gasteiger partial charge in [0, 0.05) is 51.0 Å². The van der Waals surface area contributed by atoms with E-state index in [2.05, 4.69) is 36.0 Å². The van der Waals surface area contributed by atoms with Crippen LogP contribution in [0.25, 0.3) is 0 Å². The second kappa shape index (κ2) is 6.46. The van der Waals surface area contributed by atoms with Crippen LogP contribution in [0.1, 0.15) is 41.3 Å². The highest BCUT2D eigenvalue weighted by Gasteiger charge is 2.39. The van der Waals surface area contributed by atoms with Crippen molar-refractivity contribution in [2.75, 3.05) is 13.1 Å². The number of rotatable bonds is 4. The molecule has 0 unspecified atom stereocenters. The first-order valence-corrected chi connectivity index (χ1v) is 9.60. The third-order valence-electron chi connectivity index (χ3n) is 6.11. The van der Waals surface area contributed by atoms with Crippen molar-refractivity contribution in [2.45, 2.75) is 44.8 Å². The van der Waals surface area contributed by atoms with Gasteiger partial charge in [-0.3, -0.25) is 14.7 Å². The van der Waals surface area contributed by atoms with Gasteiger partial charge in [0.2, 0.25) is 5.82 Å². The van der Waals surface area contributed by atoms with Crippen LogP contribution in [0.15, 0.2) is 24.5 Å². The summed E-state index contributed by atoms with van der Waals surface area (Å²) in [5, 5.41) is 11.6. The summed E-state index contributed by atoms with van der Waals surface area (Å²) in [6, 6.07) is 4.45. The lowest BCUT2D eigenvalue weighted by Crippen LogP contribution is -2.41. The number of nitrogens with zero attached hydrogens (tertiary/aromatic N) is 5. The van der Waals surface area contributed by atoms with Crippen LogP contribution >= 0.6 is 0 Å². The maximum absolute atomic E-state index is 12.5. The molecule has 2 aromatic heterocycles. The number of aromatic nitrogens is 4. The fourth-order valence-electron chi connectivity index (χ4n) is 4.47. The van der Waals surface area contributed by atoms with E-state index < -0.39 is 0 Å². The molecule has 2 fully saturated rings. The van der Waals surface area contributed by atoms with Crippen LogP contribution < -0.4 is 5.32 Å². The molecular weight excluding hydrogens is 328 g/mol. The van der Waals surface area contributed by atoms with Crippen molar-refractivity contribution >= 4 is 5.91 Å². The summed E-state index contributed by atoms with van der Waals surface area (Å²) >= 11 is 0. The number of pyridine rings is 1. The van der Waals surface area contributed by atoms with E-state index in [9.17, 15) is 4.79 Å². The molecule has 2 aromatic rings. The highest BCUT2D eigenvalue weighted by atomic mass is 16.2. The lowest BCUT2D eigenvalue weighted by Gasteiger charge is -2.28. The molecule has 1 saturated heterocycles. The first-order chi connectivity index (χ1) is 12.8. The van der Waals surface area contributed by atoms with Gasteiger partial charge < -0.3 is 9.88 Å². The van der Waals surface area contributed by atoms with Crippen molar-refractivity contribution in [1.29, 1.82) is 0 Å². The van der Waals surface area contributed by atoms with Crippen LogP contribution in [0.5, 0.6) is 0 Å². The number of hydrogen-bond donors (Lipinski definition) is 1. The van der Waals surface area contributed by atoms with Crippen molar-refractivity contribution in [2.24, 2.45) is 11.8 Å². The highest BCUT2D eigenvalue weighted by molar-refractivity contribution is 5.91. The lowest BCUT2D eigenvalue weighted by molar-refractivity contribution is 0.0898. The van der Waals surface area contributed by atoms with E-state index in [4.69, 9.17) is 0 Å². The van der Waals surface area contributed by atoms with E-state index in [-0.39, 0.29) is 5.91 Å². The Balaban J connectivity index is 1.27. The van der Waals surface area contributed by atoms with Gasteiger partial charge in [-0.2, -0.15) is 0 Å². The highest BCUT2D eigenvalue weighted by Crippen LogP contribution is 2.33. The predicted octanol–water partition coefficient (Wildman–Crippen LogP) is 1.26. The molecule has 4 heterocycles. The fraction of sp³-hybridized carbons (Fsp3) is 0.579. The molecule has 5 rings (SSSR count). The zero-order chi connectivity index (χ0) is 17.5. The van der Waals surface area contributed by atoms with Gasteiger partial charge in [0.1, 0.15) is 5.82 Å². The van der Waals surface area contributed by atoms with Crippen molar-refractivity contribution in [3.63, 3.8) is 0 Å². The van der Waals surface area contributed by atoms with Crippen LogP contribution in [0.4, 0.5) is 0 Å². The molecule has 2 atom stereocenters. The minimum Gasteiger partial charge on any atom is -0.347 e. The van der Waals surface area contributed by atoms with Crippen molar-refractivity contribution in [3.8, 4) is 0 Å². The van der Waals surface area contributed by atoms with Gasteiger partial charge in [0.25, 0.3) is 5.91 Å². The molecule has 1 saturated carbocycles. The largest absolute Gasteiger partial charge is 0.347 e. The number of fused-ring (bicyclic) bond motifs is 2. The minimum atomic E-state index is -0.0582. The molecule has 1 amide bonds. The molecular formula is C19H24N6O. The van der Waals surface area contributed by atoms with Gasteiger partial charge in [-0.1, -0.05) is 6.07 Å². The fourth-order valence-corrected chi connectivity index (χ4v) is 4.47. The Morgan fingerprint density at radius 2 is 2.08 bits per heavy atom. The predicted molar refractivity (Wildman–Crippen MR) is 95.3 cm³/mol. The number of amides is 1. The Hall–Kier alpha value is -2.28. The average Bonchev–Trinajstić information content (AvgIpc) is 3.19. The third kappa shape index (κ3) is 2.90. The van der Waals surface area contributed by atoms with Crippen LogP contribution in [-0.4, -0.2) is 49.7 Å². The number of hydrogen-bond acceptors (Lipinski definition) is 5. The summed E-state index contributed by atoms with van der Waals surface area (Å²) in [5.41, 5.74) is 1.26. The number of carbonyl (C=O) groups excluding carboxylic acids is 1. The molecule has 1 aliphatic carbocycles. The first-order valence-electron chi connectivity index (χ1n) is 9.60. The summed E-state index contributed by atoms with van der Waals surface area (Å²) in [4.78, 5) is 19.2. The molecule has 0 bridgehead atoms. The minimum absolute atomic E-state index is 0.0582. The van der Waals surface area contributed by atoms with Crippen LogP contribution in [0.2, 0.25) is 0 Å². The topological polar surface area (TPSA) is 75.9 Å². The molecule has 136 valence electrons. The number of carbonyl (C=O) groups is 1. The monoisotopic (exact) mass is 352 g/mol. The standard InChI is InChI=1S/C19H24N6O/c26-19(21-16-4-1-5-16)18-23-22-17-7-14-10-24(11-15(14)12-25(17)18)9-13-3-2-6-20-8-13/h2-3,6,8,14-16H,1,4-5,7,9-12H2,(H,21,26)/t14-,15+/m0/s1. The van der Waals surface area contributed by atoms with Gasteiger partial charge >= 0.3 is 0 Å². The number of nitrogens with one attached hydrogen (secondary N) is 1. The summed E-state index contributed by atoms with van der Waals surface area (Å²) in [6.07, 6.45) is 8.05. The Labute approximate surface area is 152 Å². The van der Waals surface area contributed by atoms with Gasteiger partial charge in [-0.05, 0) is 42.7 Å². The molecule has 26 heavy (non-hydrogen) atoms. The molecule has 0 radical (unpaired) electrons. The zero-order valence-electron chi connectivity index (χ0n) is 14.8. The van der Waals surface area contributed by atoms with E-state index in [1.165, 1.54) is 12.0 Å². The lowest BCUT2D eigenvalue weighted by atomic mass is 9.89. The maximum Gasteiger partial charge on any atom is 0.289 e. The van der Waals surface area contributed by atoms with Gasteiger partial charge in [0.15, 0.2) is 0 Å². The molecule has 0 spiro atoms. The summed E-state index contributed by atoms with van der Waals surface area (Å²) in [6.45, 7) is 3.93. The number of likely N-dealkylation sites (tertiary alicyclic amines) is 1. The summed E-state index contributed by atoms with van der Waals surface area (Å²) in [5.74, 6) is 2.57. The Morgan fingerprint density at radius 3 is 2.85 bits per heavy atom. The first kappa shape index (κ1) is 15.9. The average molecular weight is 352 g/mol. The molecule has 2 aliphatic heterocycles. The van der Waals surface area contributed by atoms with Gasteiger partial charge in [-0.25, -0.2) is 0 Å². The summed E-state index contributed by atoms with van der Waals surface area (Å²) < 4.78 is 2.06. The Kier molecular flexibility index (Phi) is 3.96. The van der Waals surface area contributed by atoms with Crippen molar-refractivity contribution < 1.29 is 4.79 Å². The Morgan fingerprint density at radius 1 is 1.19 bits per heavy atom. The SMILES string of the molecule is O=C(NC1CCC1)c1nnc2n1C[C@H]1CN(Cc3cccnc3)C[C@@H]1C2. The second-order valence-electron chi connectivity index (χ2n) is 7.93. The smallest absolute Gasteiger partial charge is 0.289 e. The quantitative estimate of drug-likeness (QED) is 0.897. The van der Waals surface area contributed by atoms with E-state index in [0.29, 0.717) is 23.7 Å².